The van der Waals surface area contributed by atoms with E-state index in [0.29, 0.717) is 11.3 Å². The van der Waals surface area contributed by atoms with Crippen LogP contribution in [0, 0.1) is 17.9 Å². The van der Waals surface area contributed by atoms with Gasteiger partial charge in [0.05, 0.1) is 56.6 Å². The van der Waals surface area contributed by atoms with Crippen molar-refractivity contribution in [3.63, 3.8) is 0 Å². The van der Waals surface area contributed by atoms with E-state index in [0.717, 1.165) is 71.8 Å². The van der Waals surface area contributed by atoms with Gasteiger partial charge in [0.15, 0.2) is 5.69 Å². The molecule has 0 N–H and O–H groups in total. The van der Waals surface area contributed by atoms with Gasteiger partial charge in [0.1, 0.15) is 6.07 Å². The van der Waals surface area contributed by atoms with E-state index in [1.807, 2.05) is 24.3 Å². The Bertz CT molecular complexity index is 3400. The summed E-state index contributed by atoms with van der Waals surface area (Å²) in [6.45, 7) is 7.68. The van der Waals surface area contributed by atoms with Crippen LogP contribution in [0.3, 0.4) is 0 Å². The Hall–Kier alpha value is -7.86. The fourth-order valence-electron chi connectivity index (χ4n) is 8.72. The van der Waals surface area contributed by atoms with Gasteiger partial charge in [-0.05, 0) is 83.2 Å². The van der Waals surface area contributed by atoms with Crippen LogP contribution in [0.15, 0.2) is 176 Å². The highest BCUT2D eigenvalue weighted by Crippen LogP contribution is 2.41. The Kier molecular flexibility index (Phi) is 6.61. The predicted molar refractivity (Wildman–Crippen MR) is 226 cm³/mol. The highest BCUT2D eigenvalue weighted by molar-refractivity contribution is 6.15. The average Bonchev–Trinajstić information content (AvgIpc) is 3.89. The van der Waals surface area contributed by atoms with Crippen molar-refractivity contribution in [3.8, 4) is 34.3 Å². The molecule has 8 aromatic carbocycles. The van der Waals surface area contributed by atoms with E-state index in [9.17, 15) is 5.26 Å². The lowest BCUT2D eigenvalue weighted by Gasteiger charge is -2.16. The van der Waals surface area contributed by atoms with E-state index in [-0.39, 0.29) is 0 Å². The highest BCUT2D eigenvalue weighted by atomic mass is 15.1. The van der Waals surface area contributed by atoms with Gasteiger partial charge in [-0.15, -0.1) is 0 Å². The van der Waals surface area contributed by atoms with Gasteiger partial charge in [-0.1, -0.05) is 109 Å². The van der Waals surface area contributed by atoms with E-state index in [1.54, 1.807) is 0 Å². The van der Waals surface area contributed by atoms with Crippen molar-refractivity contribution in [2.24, 2.45) is 0 Å². The van der Waals surface area contributed by atoms with Gasteiger partial charge in [0.2, 0.25) is 0 Å². The average molecular weight is 700 g/mol. The van der Waals surface area contributed by atoms with Crippen LogP contribution in [0.1, 0.15) is 5.56 Å². The molecule has 0 aliphatic carbocycles. The summed E-state index contributed by atoms with van der Waals surface area (Å²) >= 11 is 0. The summed E-state index contributed by atoms with van der Waals surface area (Å²) in [6.07, 6.45) is 0. The molecule has 0 saturated carbocycles. The summed E-state index contributed by atoms with van der Waals surface area (Å²) in [4.78, 5) is 3.73. The number of nitrogens with zero attached hydrogens (tertiary/aromatic N) is 5. The number of rotatable bonds is 4. The van der Waals surface area contributed by atoms with Crippen molar-refractivity contribution in [2.45, 2.75) is 0 Å². The number of hydrogen-bond acceptors (Lipinski definition) is 1. The van der Waals surface area contributed by atoms with Gasteiger partial charge in [0.25, 0.3) is 0 Å². The maximum absolute atomic E-state index is 10.8. The normalized spacial score (nSPS) is 11.6. The molecule has 0 amide bonds. The molecule has 3 heterocycles. The van der Waals surface area contributed by atoms with Gasteiger partial charge in [-0.25, -0.2) is 4.85 Å². The fraction of sp³-hybridized carbons (Fsp3) is 0. The zero-order chi connectivity index (χ0) is 36.6. The Labute approximate surface area is 316 Å². The standard InChI is InChI=1S/C50H29N5/c1-52-35-24-28-48-42(30-35)40-14-5-8-18-46(40)54(48)49-20-10-15-41-39-13-4-9-19-47(39)55(50(41)49)43-27-23-33(29-34(43)31-51)32-21-25-36(26-22-32)53-44-16-6-2-11-37(44)38-12-3-7-17-45(38)53/h2-30H. The lowest BCUT2D eigenvalue weighted by Crippen LogP contribution is -2.02. The van der Waals surface area contributed by atoms with Gasteiger partial charge in [-0.2, -0.15) is 5.26 Å². The molecule has 5 heteroatoms. The van der Waals surface area contributed by atoms with E-state index < -0.39 is 0 Å². The molecule has 11 aromatic rings. The van der Waals surface area contributed by atoms with Crippen molar-refractivity contribution in [1.29, 1.82) is 5.26 Å². The third kappa shape index (κ3) is 4.45. The first-order valence-corrected chi connectivity index (χ1v) is 18.3. The van der Waals surface area contributed by atoms with Crippen LogP contribution in [0.5, 0.6) is 0 Å². The molecule has 0 aliphatic heterocycles. The van der Waals surface area contributed by atoms with Crippen LogP contribution in [-0.2, 0) is 0 Å². The molecule has 0 fully saturated rings. The van der Waals surface area contributed by atoms with Crippen molar-refractivity contribution in [3.05, 3.63) is 193 Å². The fourth-order valence-corrected chi connectivity index (χ4v) is 8.72. The summed E-state index contributed by atoms with van der Waals surface area (Å²) in [5.41, 5.74) is 12.6. The van der Waals surface area contributed by atoms with E-state index in [4.69, 9.17) is 6.57 Å². The second kappa shape index (κ2) is 11.8. The number of fused-ring (bicyclic) bond motifs is 9. The van der Waals surface area contributed by atoms with Crippen LogP contribution in [0.4, 0.5) is 5.69 Å². The smallest absolute Gasteiger partial charge is 0.188 e. The molecule has 0 atom stereocenters. The maximum Gasteiger partial charge on any atom is 0.188 e. The maximum atomic E-state index is 10.8. The first-order chi connectivity index (χ1) is 27.2. The van der Waals surface area contributed by atoms with Crippen LogP contribution >= 0.6 is 0 Å². The third-order valence-electron chi connectivity index (χ3n) is 11.1. The summed E-state index contributed by atoms with van der Waals surface area (Å²) in [5, 5.41) is 17.6. The van der Waals surface area contributed by atoms with Gasteiger partial charge >= 0.3 is 0 Å². The molecule has 3 aromatic heterocycles. The zero-order valence-corrected chi connectivity index (χ0v) is 29.5. The summed E-state index contributed by atoms with van der Waals surface area (Å²) in [5.74, 6) is 0. The molecule has 11 rings (SSSR count). The second-order valence-electron chi connectivity index (χ2n) is 14.0. The first-order valence-electron chi connectivity index (χ1n) is 18.3. The lowest BCUT2D eigenvalue weighted by atomic mass is 10.0. The minimum atomic E-state index is 0.588. The largest absolute Gasteiger partial charge is 0.309 e. The van der Waals surface area contributed by atoms with Crippen molar-refractivity contribution in [1.82, 2.24) is 13.7 Å². The number of para-hydroxylation sites is 5. The molecule has 5 nitrogen and oxygen atoms in total. The molecule has 55 heavy (non-hydrogen) atoms. The predicted octanol–water partition coefficient (Wildman–Crippen LogP) is 13.1. The summed E-state index contributed by atoms with van der Waals surface area (Å²) < 4.78 is 6.87. The van der Waals surface area contributed by atoms with Crippen molar-refractivity contribution in [2.75, 3.05) is 0 Å². The number of nitriles is 1. The van der Waals surface area contributed by atoms with Gasteiger partial charge in [-0.3, -0.25) is 0 Å². The number of aromatic nitrogens is 3. The third-order valence-corrected chi connectivity index (χ3v) is 11.1. The second-order valence-corrected chi connectivity index (χ2v) is 14.0. The Balaban J connectivity index is 1.10. The SMILES string of the molecule is [C-]#[N+]c1ccc2c(c1)c1ccccc1n2-c1cccc2c3ccccc3n(-c3ccc(-c4ccc(-n5c6ccccc6c6ccccc65)cc4)cc3C#N)c12. The topological polar surface area (TPSA) is 42.9 Å². The monoisotopic (exact) mass is 699 g/mol. The zero-order valence-electron chi connectivity index (χ0n) is 29.5. The molecule has 0 unspecified atom stereocenters. The molecule has 0 saturated heterocycles. The highest BCUT2D eigenvalue weighted by Gasteiger charge is 2.21. The first kappa shape index (κ1) is 30.7. The van der Waals surface area contributed by atoms with Crippen LogP contribution < -0.4 is 0 Å². The molecule has 0 radical (unpaired) electrons. The minimum absolute atomic E-state index is 0.588. The minimum Gasteiger partial charge on any atom is -0.309 e. The Morgan fingerprint density at radius 2 is 0.945 bits per heavy atom. The van der Waals surface area contributed by atoms with Gasteiger partial charge in [0, 0.05) is 32.6 Å². The number of benzene rings is 8. The quantitative estimate of drug-likeness (QED) is 0.169. The lowest BCUT2D eigenvalue weighted by molar-refractivity contribution is 1.12. The van der Waals surface area contributed by atoms with E-state index in [2.05, 4.69) is 176 Å². The molecule has 0 aliphatic rings. The number of hydrogen-bond donors (Lipinski definition) is 0. The molecular weight excluding hydrogens is 671 g/mol. The Morgan fingerprint density at radius 3 is 1.58 bits per heavy atom. The van der Waals surface area contributed by atoms with Crippen LogP contribution in [0.2, 0.25) is 0 Å². The molecule has 254 valence electrons. The van der Waals surface area contributed by atoms with Crippen molar-refractivity contribution >= 4 is 71.1 Å². The summed E-state index contributed by atoms with van der Waals surface area (Å²) in [6, 6.07) is 63.7. The molecule has 0 spiro atoms. The van der Waals surface area contributed by atoms with Crippen molar-refractivity contribution < 1.29 is 0 Å². The molecular formula is C50H29N5. The van der Waals surface area contributed by atoms with E-state index in [1.165, 1.54) is 21.8 Å². The van der Waals surface area contributed by atoms with Crippen LogP contribution in [0.25, 0.3) is 98.5 Å². The summed E-state index contributed by atoms with van der Waals surface area (Å²) in [7, 11) is 0. The van der Waals surface area contributed by atoms with Gasteiger partial charge < -0.3 is 13.7 Å². The van der Waals surface area contributed by atoms with E-state index >= 15 is 0 Å². The van der Waals surface area contributed by atoms with Crippen LogP contribution in [-0.4, -0.2) is 13.7 Å². The Morgan fingerprint density at radius 1 is 0.418 bits per heavy atom. The molecule has 0 bridgehead atoms.